The van der Waals surface area contributed by atoms with Crippen molar-refractivity contribution in [3.8, 4) is 0 Å². The molecule has 2 saturated heterocycles. The Morgan fingerprint density at radius 2 is 2.04 bits per heavy atom. The maximum atomic E-state index is 12.8. The number of aromatic amines is 1. The average molecular weight is 341 g/mol. The minimum absolute atomic E-state index is 0.0254. The third-order valence-electron chi connectivity index (χ3n) is 5.24. The van der Waals surface area contributed by atoms with Gasteiger partial charge in [-0.2, -0.15) is 5.10 Å². The van der Waals surface area contributed by atoms with Crippen molar-refractivity contribution >= 4 is 22.7 Å². The van der Waals surface area contributed by atoms with E-state index < -0.39 is 6.04 Å². The fourth-order valence-corrected chi connectivity index (χ4v) is 3.88. The SMILES string of the molecule is CC(NC(=O)c1n[nH]c2ccccc12)C(=O)N1CCC2CCC(C1)N2. The summed E-state index contributed by atoms with van der Waals surface area (Å²) in [6.07, 6.45) is 3.30. The maximum absolute atomic E-state index is 12.8. The Balaban J connectivity index is 1.43. The first-order valence-electron chi connectivity index (χ1n) is 8.90. The fourth-order valence-electron chi connectivity index (χ4n) is 3.88. The number of aromatic nitrogens is 2. The molecule has 132 valence electrons. The lowest BCUT2D eigenvalue weighted by Crippen LogP contribution is -2.49. The summed E-state index contributed by atoms with van der Waals surface area (Å²) in [4.78, 5) is 27.2. The summed E-state index contributed by atoms with van der Waals surface area (Å²) < 4.78 is 0. The van der Waals surface area contributed by atoms with E-state index >= 15 is 0 Å². The van der Waals surface area contributed by atoms with Gasteiger partial charge < -0.3 is 15.5 Å². The lowest BCUT2D eigenvalue weighted by molar-refractivity contribution is -0.133. The number of fused-ring (bicyclic) bond motifs is 3. The van der Waals surface area contributed by atoms with Crippen molar-refractivity contribution in [1.29, 1.82) is 0 Å². The summed E-state index contributed by atoms with van der Waals surface area (Å²) >= 11 is 0. The van der Waals surface area contributed by atoms with E-state index in [0.29, 0.717) is 17.8 Å². The Hall–Kier alpha value is -2.41. The van der Waals surface area contributed by atoms with Gasteiger partial charge in [0, 0.05) is 30.6 Å². The van der Waals surface area contributed by atoms with E-state index in [9.17, 15) is 9.59 Å². The molecule has 3 heterocycles. The highest BCUT2D eigenvalue weighted by Crippen LogP contribution is 2.21. The molecule has 2 amide bonds. The molecular formula is C18H23N5O2. The van der Waals surface area contributed by atoms with Gasteiger partial charge in [-0.15, -0.1) is 0 Å². The first-order valence-corrected chi connectivity index (χ1v) is 8.90. The monoisotopic (exact) mass is 341 g/mol. The molecule has 2 bridgehead atoms. The molecule has 7 heteroatoms. The standard InChI is InChI=1S/C18H23N5O2/c1-11(18(25)23-9-8-12-6-7-13(10-23)20-12)19-17(24)16-14-4-2-3-5-15(14)21-22-16/h2-5,11-13,20H,6-10H2,1H3,(H,19,24)(H,21,22). The van der Waals surface area contributed by atoms with Gasteiger partial charge in [-0.1, -0.05) is 18.2 Å². The van der Waals surface area contributed by atoms with Crippen LogP contribution < -0.4 is 10.6 Å². The zero-order valence-corrected chi connectivity index (χ0v) is 14.3. The van der Waals surface area contributed by atoms with Gasteiger partial charge in [-0.25, -0.2) is 0 Å². The number of para-hydroxylation sites is 1. The van der Waals surface area contributed by atoms with Gasteiger partial charge in [0.15, 0.2) is 5.69 Å². The highest BCUT2D eigenvalue weighted by atomic mass is 16.2. The van der Waals surface area contributed by atoms with E-state index in [-0.39, 0.29) is 11.8 Å². The number of benzene rings is 1. The molecule has 3 N–H and O–H groups in total. The number of carbonyl (C=O) groups excluding carboxylic acids is 2. The molecule has 1 aromatic heterocycles. The van der Waals surface area contributed by atoms with Gasteiger partial charge in [-0.3, -0.25) is 14.7 Å². The summed E-state index contributed by atoms with van der Waals surface area (Å²) in [5.41, 5.74) is 1.13. The van der Waals surface area contributed by atoms with Crippen LogP contribution in [0.25, 0.3) is 10.9 Å². The number of rotatable bonds is 3. The van der Waals surface area contributed by atoms with Gasteiger partial charge in [-0.05, 0) is 32.3 Å². The number of likely N-dealkylation sites (tertiary alicyclic amines) is 1. The van der Waals surface area contributed by atoms with E-state index in [4.69, 9.17) is 0 Å². The average Bonchev–Trinajstić information content (AvgIpc) is 3.17. The lowest BCUT2D eigenvalue weighted by Gasteiger charge is -2.27. The van der Waals surface area contributed by atoms with Crippen molar-refractivity contribution in [2.45, 2.75) is 44.3 Å². The molecule has 1 aromatic carbocycles. The van der Waals surface area contributed by atoms with E-state index in [1.165, 1.54) is 6.42 Å². The van der Waals surface area contributed by atoms with Crippen LogP contribution in [0.2, 0.25) is 0 Å². The Morgan fingerprint density at radius 1 is 1.24 bits per heavy atom. The van der Waals surface area contributed by atoms with Crippen molar-refractivity contribution in [2.75, 3.05) is 13.1 Å². The number of amides is 2. The Kier molecular flexibility index (Phi) is 4.17. The van der Waals surface area contributed by atoms with Crippen molar-refractivity contribution in [3.63, 3.8) is 0 Å². The van der Waals surface area contributed by atoms with Crippen LogP contribution in [0.15, 0.2) is 24.3 Å². The van der Waals surface area contributed by atoms with Crippen LogP contribution >= 0.6 is 0 Å². The molecule has 2 aliphatic rings. The van der Waals surface area contributed by atoms with E-state index in [1.807, 2.05) is 29.2 Å². The smallest absolute Gasteiger partial charge is 0.273 e. The van der Waals surface area contributed by atoms with Crippen LogP contribution in [0.3, 0.4) is 0 Å². The Bertz CT molecular complexity index is 802. The molecule has 0 aliphatic carbocycles. The zero-order chi connectivity index (χ0) is 17.4. The first-order chi connectivity index (χ1) is 12.1. The van der Waals surface area contributed by atoms with Crippen LogP contribution in [0.4, 0.5) is 0 Å². The number of hydrogen-bond acceptors (Lipinski definition) is 4. The van der Waals surface area contributed by atoms with E-state index in [1.54, 1.807) is 6.92 Å². The van der Waals surface area contributed by atoms with Gasteiger partial charge in [0.05, 0.1) is 5.52 Å². The summed E-state index contributed by atoms with van der Waals surface area (Å²) in [6.45, 7) is 3.21. The Morgan fingerprint density at radius 3 is 2.92 bits per heavy atom. The van der Waals surface area contributed by atoms with Crippen LogP contribution in [-0.4, -0.2) is 58.1 Å². The second-order valence-corrected chi connectivity index (χ2v) is 7.02. The minimum Gasteiger partial charge on any atom is -0.339 e. The van der Waals surface area contributed by atoms with Crippen molar-refractivity contribution in [1.82, 2.24) is 25.7 Å². The molecule has 2 aromatic rings. The zero-order valence-electron chi connectivity index (χ0n) is 14.3. The van der Waals surface area contributed by atoms with E-state index in [2.05, 4.69) is 20.8 Å². The topological polar surface area (TPSA) is 90.1 Å². The third-order valence-corrected chi connectivity index (χ3v) is 5.24. The molecule has 2 fully saturated rings. The molecular weight excluding hydrogens is 318 g/mol. The second-order valence-electron chi connectivity index (χ2n) is 7.02. The highest BCUT2D eigenvalue weighted by Gasteiger charge is 2.33. The minimum atomic E-state index is -0.570. The van der Waals surface area contributed by atoms with Crippen LogP contribution in [0, 0.1) is 0 Å². The highest BCUT2D eigenvalue weighted by molar-refractivity contribution is 6.05. The van der Waals surface area contributed by atoms with Crippen molar-refractivity contribution in [2.24, 2.45) is 0 Å². The molecule has 0 saturated carbocycles. The normalized spacial score (nSPS) is 24.1. The molecule has 3 atom stereocenters. The number of carbonyl (C=O) groups is 2. The molecule has 3 unspecified atom stereocenters. The van der Waals surface area contributed by atoms with E-state index in [0.717, 1.165) is 36.8 Å². The van der Waals surface area contributed by atoms with Crippen LogP contribution in [0.5, 0.6) is 0 Å². The predicted octanol–water partition coefficient (Wildman–Crippen LogP) is 1.03. The maximum Gasteiger partial charge on any atom is 0.273 e. The second kappa shape index (κ2) is 6.48. The Labute approximate surface area is 146 Å². The van der Waals surface area contributed by atoms with Crippen molar-refractivity contribution in [3.05, 3.63) is 30.0 Å². The van der Waals surface area contributed by atoms with Crippen molar-refractivity contribution < 1.29 is 9.59 Å². The van der Waals surface area contributed by atoms with Gasteiger partial charge in [0.1, 0.15) is 6.04 Å². The fraction of sp³-hybridized carbons (Fsp3) is 0.500. The summed E-state index contributed by atoms with van der Waals surface area (Å²) in [7, 11) is 0. The largest absolute Gasteiger partial charge is 0.339 e. The molecule has 0 spiro atoms. The third kappa shape index (κ3) is 3.11. The van der Waals surface area contributed by atoms with Gasteiger partial charge in [0.2, 0.25) is 5.91 Å². The molecule has 4 rings (SSSR count). The van der Waals surface area contributed by atoms with Crippen LogP contribution in [-0.2, 0) is 4.79 Å². The number of H-pyrrole nitrogens is 1. The molecule has 7 nitrogen and oxygen atoms in total. The molecule has 2 aliphatic heterocycles. The number of nitrogens with zero attached hydrogens (tertiary/aromatic N) is 2. The predicted molar refractivity (Wildman–Crippen MR) is 94.2 cm³/mol. The van der Waals surface area contributed by atoms with Crippen LogP contribution in [0.1, 0.15) is 36.7 Å². The molecule has 25 heavy (non-hydrogen) atoms. The summed E-state index contributed by atoms with van der Waals surface area (Å²) in [6, 6.07) is 7.81. The first kappa shape index (κ1) is 16.1. The summed E-state index contributed by atoms with van der Waals surface area (Å²) in [5, 5.41) is 14.1. The quantitative estimate of drug-likeness (QED) is 0.778. The lowest BCUT2D eigenvalue weighted by atomic mass is 10.1. The summed E-state index contributed by atoms with van der Waals surface area (Å²) in [5.74, 6) is -0.352. The number of nitrogens with one attached hydrogen (secondary N) is 3. The van der Waals surface area contributed by atoms with Gasteiger partial charge in [0.25, 0.3) is 5.91 Å². The van der Waals surface area contributed by atoms with Gasteiger partial charge >= 0.3 is 0 Å². The number of hydrogen-bond donors (Lipinski definition) is 3. The molecule has 0 radical (unpaired) electrons.